The second-order valence-electron chi connectivity index (χ2n) is 6.30. The summed E-state index contributed by atoms with van der Waals surface area (Å²) in [6, 6.07) is 1.79. The molecular formula is C14H20N2O4S2. The van der Waals surface area contributed by atoms with Gasteiger partial charge in [0.2, 0.25) is 10.0 Å². The Labute approximate surface area is 134 Å². The summed E-state index contributed by atoms with van der Waals surface area (Å²) in [4.78, 5) is 14.3. The minimum absolute atomic E-state index is 0.0367. The summed E-state index contributed by atoms with van der Waals surface area (Å²) in [6.45, 7) is 1.66. The van der Waals surface area contributed by atoms with Gasteiger partial charge in [0.15, 0.2) is 0 Å². The maximum Gasteiger partial charge on any atom is 0.254 e. The molecule has 2 atom stereocenters. The average Bonchev–Trinajstić information content (AvgIpc) is 3.12. The zero-order valence-electron chi connectivity index (χ0n) is 12.4. The number of fused-ring (bicyclic) bond motifs is 1. The van der Waals surface area contributed by atoms with Crippen LogP contribution in [0.4, 0.5) is 0 Å². The van der Waals surface area contributed by atoms with Crippen molar-refractivity contribution in [1.29, 1.82) is 0 Å². The van der Waals surface area contributed by atoms with Crippen LogP contribution in [0.5, 0.6) is 0 Å². The summed E-state index contributed by atoms with van der Waals surface area (Å²) in [5.41, 5.74) is 0.127. The number of carbonyl (C=O) groups excluding carboxylic acids is 1. The van der Waals surface area contributed by atoms with Gasteiger partial charge >= 0.3 is 0 Å². The zero-order valence-corrected chi connectivity index (χ0v) is 14.1. The molecule has 0 radical (unpaired) electrons. The molecule has 1 N–H and O–H groups in total. The molecule has 0 spiro atoms. The average molecular weight is 344 g/mol. The summed E-state index contributed by atoms with van der Waals surface area (Å²) in [6.07, 6.45) is 1.92. The maximum absolute atomic E-state index is 12.5. The molecule has 6 nitrogen and oxygen atoms in total. The first-order valence-electron chi connectivity index (χ1n) is 7.23. The van der Waals surface area contributed by atoms with E-state index >= 15 is 0 Å². The Hall–Kier alpha value is -0.960. The van der Waals surface area contributed by atoms with Gasteiger partial charge in [-0.2, -0.15) is 11.3 Å². The van der Waals surface area contributed by atoms with E-state index in [1.807, 2.05) is 10.8 Å². The Morgan fingerprint density at radius 2 is 2.27 bits per heavy atom. The van der Waals surface area contributed by atoms with E-state index in [9.17, 15) is 18.3 Å². The molecule has 8 heteroatoms. The Kier molecular flexibility index (Phi) is 4.05. The van der Waals surface area contributed by atoms with Crippen molar-refractivity contribution in [3.63, 3.8) is 0 Å². The zero-order chi connectivity index (χ0) is 16.0. The normalized spacial score (nSPS) is 29.5. The van der Waals surface area contributed by atoms with Crippen LogP contribution in [0, 0.1) is 11.3 Å². The Balaban J connectivity index is 1.81. The number of likely N-dealkylation sites (tertiary alicyclic amines) is 1. The molecule has 1 aromatic heterocycles. The number of hydrogen-bond donors (Lipinski definition) is 1. The highest BCUT2D eigenvalue weighted by molar-refractivity contribution is 7.88. The standard InChI is InChI=1S/C14H20N2O4S2/c1-22(19,20)16-6-12-2-4-15(8-14(12,9-16)10-17)13(18)11-3-5-21-7-11/h3,5,7,12,17H,2,4,6,8-10H2,1H3/t12-,14+/m1/s1. The molecule has 1 aromatic rings. The van der Waals surface area contributed by atoms with E-state index in [0.717, 1.165) is 6.42 Å². The second-order valence-corrected chi connectivity index (χ2v) is 9.06. The molecule has 0 aromatic carbocycles. The lowest BCUT2D eigenvalue weighted by Crippen LogP contribution is -2.52. The van der Waals surface area contributed by atoms with Gasteiger partial charge in [0.25, 0.3) is 5.91 Å². The first-order chi connectivity index (χ1) is 10.4. The van der Waals surface area contributed by atoms with Gasteiger partial charge < -0.3 is 10.0 Å². The Bertz CT molecular complexity index is 658. The molecule has 2 fully saturated rings. The number of aliphatic hydroxyl groups excluding tert-OH is 1. The number of rotatable bonds is 3. The molecule has 3 heterocycles. The monoisotopic (exact) mass is 344 g/mol. The molecule has 2 aliphatic heterocycles. The first-order valence-corrected chi connectivity index (χ1v) is 10.0. The lowest BCUT2D eigenvalue weighted by atomic mass is 9.74. The molecule has 0 aliphatic carbocycles. The maximum atomic E-state index is 12.5. The summed E-state index contributed by atoms with van der Waals surface area (Å²) in [5, 5.41) is 13.6. The van der Waals surface area contributed by atoms with Crippen LogP contribution >= 0.6 is 11.3 Å². The number of carbonyl (C=O) groups is 1. The largest absolute Gasteiger partial charge is 0.396 e. The Morgan fingerprint density at radius 1 is 1.50 bits per heavy atom. The fourth-order valence-electron chi connectivity index (χ4n) is 3.56. The Morgan fingerprint density at radius 3 is 2.86 bits per heavy atom. The van der Waals surface area contributed by atoms with Crippen LogP contribution < -0.4 is 0 Å². The smallest absolute Gasteiger partial charge is 0.254 e. The predicted octanol–water partition coefficient (Wildman–Crippen LogP) is 0.464. The number of thiophene rings is 1. The quantitative estimate of drug-likeness (QED) is 0.864. The number of aliphatic hydroxyl groups is 1. The van der Waals surface area contributed by atoms with Crippen molar-refractivity contribution >= 4 is 27.3 Å². The highest BCUT2D eigenvalue weighted by Crippen LogP contribution is 2.42. The van der Waals surface area contributed by atoms with Crippen molar-refractivity contribution in [2.24, 2.45) is 11.3 Å². The third-order valence-electron chi connectivity index (χ3n) is 4.87. The van der Waals surface area contributed by atoms with Gasteiger partial charge in [-0.15, -0.1) is 0 Å². The van der Waals surface area contributed by atoms with E-state index < -0.39 is 15.4 Å². The van der Waals surface area contributed by atoms with Gasteiger partial charge in [0.1, 0.15) is 0 Å². The van der Waals surface area contributed by atoms with Crippen LogP contribution in [-0.4, -0.2) is 67.7 Å². The minimum atomic E-state index is -3.27. The lowest BCUT2D eigenvalue weighted by molar-refractivity contribution is 0.0129. The van der Waals surface area contributed by atoms with Crippen molar-refractivity contribution in [2.75, 3.05) is 39.0 Å². The van der Waals surface area contributed by atoms with Gasteiger partial charge in [-0.05, 0) is 23.8 Å². The molecule has 22 heavy (non-hydrogen) atoms. The topological polar surface area (TPSA) is 77.9 Å². The van der Waals surface area contributed by atoms with E-state index in [2.05, 4.69) is 0 Å². The number of sulfonamides is 1. The van der Waals surface area contributed by atoms with Crippen LogP contribution in [0.25, 0.3) is 0 Å². The van der Waals surface area contributed by atoms with Gasteiger partial charge in [-0.25, -0.2) is 12.7 Å². The van der Waals surface area contributed by atoms with E-state index in [1.165, 1.54) is 21.9 Å². The van der Waals surface area contributed by atoms with E-state index in [-0.39, 0.29) is 18.4 Å². The molecule has 0 unspecified atom stereocenters. The number of amides is 1. The van der Waals surface area contributed by atoms with Crippen molar-refractivity contribution in [3.8, 4) is 0 Å². The summed E-state index contributed by atoms with van der Waals surface area (Å²) in [7, 11) is -3.27. The van der Waals surface area contributed by atoms with Crippen LogP contribution in [-0.2, 0) is 10.0 Å². The van der Waals surface area contributed by atoms with Crippen LogP contribution in [0.2, 0.25) is 0 Å². The van der Waals surface area contributed by atoms with Gasteiger partial charge in [-0.3, -0.25) is 4.79 Å². The van der Waals surface area contributed by atoms with Crippen LogP contribution in [0.3, 0.4) is 0 Å². The molecule has 0 saturated carbocycles. The van der Waals surface area contributed by atoms with Crippen molar-refractivity contribution in [3.05, 3.63) is 22.4 Å². The summed E-state index contributed by atoms with van der Waals surface area (Å²) < 4.78 is 25.0. The summed E-state index contributed by atoms with van der Waals surface area (Å²) in [5.74, 6) is 0.0732. The van der Waals surface area contributed by atoms with Crippen LogP contribution in [0.15, 0.2) is 16.8 Å². The molecule has 1 amide bonds. The molecule has 2 saturated heterocycles. The predicted molar refractivity (Wildman–Crippen MR) is 84.3 cm³/mol. The van der Waals surface area contributed by atoms with Gasteiger partial charge in [-0.1, -0.05) is 0 Å². The second kappa shape index (κ2) is 5.59. The SMILES string of the molecule is CS(=O)(=O)N1C[C@H]2CCN(C(=O)c3ccsc3)C[C@@]2(CO)C1. The highest BCUT2D eigenvalue weighted by Gasteiger charge is 2.52. The highest BCUT2D eigenvalue weighted by atomic mass is 32.2. The fraction of sp³-hybridized carbons (Fsp3) is 0.643. The van der Waals surface area contributed by atoms with Crippen molar-refractivity contribution in [2.45, 2.75) is 6.42 Å². The molecule has 2 aliphatic rings. The molecule has 122 valence electrons. The van der Waals surface area contributed by atoms with E-state index in [0.29, 0.717) is 31.7 Å². The van der Waals surface area contributed by atoms with Crippen molar-refractivity contribution < 1.29 is 18.3 Å². The summed E-state index contributed by atoms with van der Waals surface area (Å²) >= 11 is 1.48. The fourth-order valence-corrected chi connectivity index (χ4v) is 5.13. The lowest BCUT2D eigenvalue weighted by Gasteiger charge is -2.43. The van der Waals surface area contributed by atoms with Crippen LogP contribution in [0.1, 0.15) is 16.8 Å². The third-order valence-corrected chi connectivity index (χ3v) is 6.77. The van der Waals surface area contributed by atoms with Gasteiger partial charge in [0.05, 0.1) is 18.4 Å². The number of hydrogen-bond acceptors (Lipinski definition) is 5. The molecule has 3 rings (SSSR count). The first kappa shape index (κ1) is 15.9. The third kappa shape index (κ3) is 2.68. The van der Waals surface area contributed by atoms with E-state index in [1.54, 1.807) is 11.0 Å². The van der Waals surface area contributed by atoms with E-state index in [4.69, 9.17) is 0 Å². The molecular weight excluding hydrogens is 324 g/mol. The van der Waals surface area contributed by atoms with Gasteiger partial charge in [0, 0.05) is 37.0 Å². The minimum Gasteiger partial charge on any atom is -0.396 e. The van der Waals surface area contributed by atoms with Crippen molar-refractivity contribution in [1.82, 2.24) is 9.21 Å². The number of nitrogens with zero attached hydrogens (tertiary/aromatic N) is 2. The molecule has 0 bridgehead atoms. The number of piperidine rings is 1.